The highest BCUT2D eigenvalue weighted by atomic mass is 35.5. The lowest BCUT2D eigenvalue weighted by atomic mass is 9.79. The van der Waals surface area contributed by atoms with E-state index in [0.717, 1.165) is 48.6 Å². The van der Waals surface area contributed by atoms with Gasteiger partial charge in [0.2, 0.25) is 5.91 Å². The van der Waals surface area contributed by atoms with Gasteiger partial charge in [-0.1, -0.05) is 35.3 Å². The van der Waals surface area contributed by atoms with Gasteiger partial charge in [0, 0.05) is 77.4 Å². The monoisotopic (exact) mass is 779 g/mol. The van der Waals surface area contributed by atoms with Crippen LogP contribution in [0.3, 0.4) is 0 Å². The number of carbonyl (C=O) groups excluding carboxylic acids is 1. The second-order valence-electron chi connectivity index (χ2n) is 14.9. The minimum absolute atomic E-state index is 0.0338. The second-order valence-corrected chi connectivity index (χ2v) is 15.7. The van der Waals surface area contributed by atoms with Crippen molar-refractivity contribution in [1.29, 1.82) is 5.26 Å². The van der Waals surface area contributed by atoms with Crippen molar-refractivity contribution in [2.45, 2.75) is 82.6 Å². The summed E-state index contributed by atoms with van der Waals surface area (Å²) >= 11 is 13.1. The highest BCUT2D eigenvalue weighted by Crippen LogP contribution is 2.51. The molecule has 5 atom stereocenters. The number of nitrogens with one attached hydrogen (secondary N) is 1. The van der Waals surface area contributed by atoms with Gasteiger partial charge >= 0.3 is 6.30 Å². The largest absolute Gasteiger partial charge is 0.504 e. The lowest BCUT2D eigenvalue weighted by molar-refractivity contribution is -0.212. The molecule has 5 unspecified atom stereocenters. The van der Waals surface area contributed by atoms with Crippen LogP contribution in [0, 0.1) is 35.9 Å². The molecule has 1 amide bonds. The fourth-order valence-electron chi connectivity index (χ4n) is 8.89. The van der Waals surface area contributed by atoms with E-state index in [1.807, 2.05) is 17.9 Å². The molecule has 2 aromatic carbocycles. The average Bonchev–Trinajstić information content (AvgIpc) is 3.62. The number of benzene rings is 2. The Morgan fingerprint density at radius 3 is 2.65 bits per heavy atom. The van der Waals surface area contributed by atoms with Crippen molar-refractivity contribution in [1.82, 2.24) is 29.5 Å². The summed E-state index contributed by atoms with van der Waals surface area (Å²) in [7, 11) is 0. The number of rotatable bonds is 9. The van der Waals surface area contributed by atoms with Crippen molar-refractivity contribution in [2.75, 3.05) is 13.1 Å². The molecule has 6 heterocycles. The molecular weight excluding hydrogens is 745 g/mol. The zero-order valence-electron chi connectivity index (χ0n) is 29.1. The van der Waals surface area contributed by atoms with Crippen LogP contribution in [0.4, 0.5) is 17.6 Å². The van der Waals surface area contributed by atoms with Gasteiger partial charge < -0.3 is 19.5 Å². The maximum Gasteiger partial charge on any atom is 0.504 e. The summed E-state index contributed by atoms with van der Waals surface area (Å²) in [5, 5.41) is 18.8. The Bertz CT molecular complexity index is 2370. The summed E-state index contributed by atoms with van der Waals surface area (Å²) in [6.45, 7) is 2.84. The van der Waals surface area contributed by atoms with E-state index in [9.17, 15) is 23.2 Å². The maximum absolute atomic E-state index is 17.2. The Hall–Kier alpha value is -4.22. The Labute approximate surface area is 317 Å². The molecule has 5 aliphatic rings. The number of aromatic nitrogens is 4. The summed E-state index contributed by atoms with van der Waals surface area (Å²) in [4.78, 5) is 20.7. The van der Waals surface area contributed by atoms with Crippen molar-refractivity contribution in [3.05, 3.63) is 81.1 Å². The molecule has 2 aliphatic carbocycles. The number of likely N-dealkylation sites (tertiary alicyclic amines) is 1. The predicted molar refractivity (Wildman–Crippen MR) is 194 cm³/mol. The second kappa shape index (κ2) is 13.2. The van der Waals surface area contributed by atoms with Crippen LogP contribution < -0.4 is 5.32 Å². The zero-order chi connectivity index (χ0) is 37.6. The Balaban J connectivity index is 1.19. The standard InChI is InChI=1S/C39H35Cl2F4N7O2/c1-19-26-15-31(30-14-24(17-50(30)38(53)20-7-8-20)54-18-23-9-11-51(49-23)39(43,44)45)52(36-22-13-29(36)47-16-22)37(26)27-12-21(4-3-10-46)32(34(42)35(27)48-19)25-5-2-6-28(40)33(25)41/h2,5-6,9,11-12,15,20,22,24,29-30,36,47H,3-4,7-8,13-14,16-18H2,1H3. The fraction of sp³-hybridized carbons (Fsp3) is 0.436. The molecule has 15 heteroatoms. The summed E-state index contributed by atoms with van der Waals surface area (Å²) < 4.78 is 65.2. The molecular formula is C39H35Cl2F4N7O2. The minimum atomic E-state index is -4.63. The highest BCUT2D eigenvalue weighted by Gasteiger charge is 2.51. The Morgan fingerprint density at radius 2 is 1.96 bits per heavy atom. The van der Waals surface area contributed by atoms with E-state index in [2.05, 4.69) is 27.1 Å². The molecule has 9 nitrogen and oxygen atoms in total. The van der Waals surface area contributed by atoms with Crippen molar-refractivity contribution in [2.24, 2.45) is 11.8 Å². The first-order valence-electron chi connectivity index (χ1n) is 18.2. The summed E-state index contributed by atoms with van der Waals surface area (Å²) in [5.74, 6) is -0.269. The van der Waals surface area contributed by atoms with E-state index in [0.29, 0.717) is 34.5 Å². The van der Waals surface area contributed by atoms with E-state index in [-0.39, 0.29) is 81.4 Å². The number of carbonyl (C=O) groups is 1. The van der Waals surface area contributed by atoms with Crippen molar-refractivity contribution in [3.63, 3.8) is 0 Å². The van der Waals surface area contributed by atoms with Crippen LogP contribution in [0.15, 0.2) is 42.6 Å². The summed E-state index contributed by atoms with van der Waals surface area (Å²) in [5.41, 5.74) is 3.94. The average molecular weight is 781 g/mol. The quantitative estimate of drug-likeness (QED) is 0.151. The van der Waals surface area contributed by atoms with Gasteiger partial charge in [0.15, 0.2) is 5.82 Å². The smallest absolute Gasteiger partial charge is 0.370 e. The first-order valence-corrected chi connectivity index (χ1v) is 18.9. The number of fused-ring (bicyclic) bond motifs is 4. The first-order chi connectivity index (χ1) is 25.9. The van der Waals surface area contributed by atoms with Gasteiger partial charge in [-0.15, -0.1) is 13.2 Å². The third-order valence-electron chi connectivity index (χ3n) is 11.6. The minimum Gasteiger partial charge on any atom is -0.370 e. The number of hydrogen-bond acceptors (Lipinski definition) is 6. The van der Waals surface area contributed by atoms with Gasteiger partial charge in [-0.2, -0.15) is 15.0 Å². The van der Waals surface area contributed by atoms with E-state index < -0.39 is 24.3 Å². The number of pyridine rings is 1. The van der Waals surface area contributed by atoms with E-state index in [1.54, 1.807) is 18.2 Å². The van der Waals surface area contributed by atoms with E-state index in [1.165, 1.54) is 6.07 Å². The molecule has 5 aromatic rings. The molecule has 2 bridgehead atoms. The normalized spacial score (nSPS) is 23.7. The lowest BCUT2D eigenvalue weighted by Crippen LogP contribution is -2.41. The topological polar surface area (TPSA) is 101 Å². The molecule has 1 N–H and O–H groups in total. The van der Waals surface area contributed by atoms with Gasteiger partial charge in [0.1, 0.15) is 5.52 Å². The first kappa shape index (κ1) is 35.5. The summed E-state index contributed by atoms with van der Waals surface area (Å²) in [6, 6.07) is 12.4. The molecule has 10 rings (SSSR count). The van der Waals surface area contributed by atoms with Gasteiger partial charge in [-0.25, -0.2) is 9.37 Å². The fourth-order valence-corrected chi connectivity index (χ4v) is 9.28. The van der Waals surface area contributed by atoms with Gasteiger partial charge in [-0.3, -0.25) is 4.79 Å². The maximum atomic E-state index is 17.2. The molecule has 54 heavy (non-hydrogen) atoms. The molecule has 5 fully saturated rings. The Morgan fingerprint density at radius 1 is 1.15 bits per heavy atom. The van der Waals surface area contributed by atoms with Gasteiger partial charge in [0.05, 0.1) is 52.1 Å². The van der Waals surface area contributed by atoms with Crippen LogP contribution in [-0.2, 0) is 28.9 Å². The number of nitrogens with zero attached hydrogens (tertiary/aromatic N) is 6. The highest BCUT2D eigenvalue weighted by molar-refractivity contribution is 6.43. The van der Waals surface area contributed by atoms with Crippen LogP contribution in [0.1, 0.15) is 66.8 Å². The molecule has 0 spiro atoms. The lowest BCUT2D eigenvalue weighted by Gasteiger charge is -2.39. The van der Waals surface area contributed by atoms with Crippen molar-refractivity contribution in [3.8, 4) is 17.2 Å². The summed E-state index contributed by atoms with van der Waals surface area (Å²) in [6.07, 6.45) is -0.766. The van der Waals surface area contributed by atoms with E-state index >= 15 is 4.39 Å². The van der Waals surface area contributed by atoms with Crippen LogP contribution in [0.5, 0.6) is 0 Å². The molecule has 280 valence electrons. The third-order valence-corrected chi connectivity index (χ3v) is 12.4. The number of hydrogen-bond donors (Lipinski definition) is 1. The molecule has 3 saturated heterocycles. The van der Waals surface area contributed by atoms with Crippen LogP contribution in [0.25, 0.3) is 32.9 Å². The van der Waals surface area contributed by atoms with E-state index in [4.69, 9.17) is 32.9 Å². The number of halogens is 6. The SMILES string of the molecule is Cc1nc2c(F)c(-c3cccc(Cl)c3Cl)c(CCC#N)cc2c2c1cc(C1CC(OCc3ccn(C(F)(F)F)n3)CN1C(=O)C1CC1)n2C1C2CNC1C2. The number of nitriles is 1. The number of ether oxygens (including phenoxy) is 1. The van der Waals surface area contributed by atoms with Crippen molar-refractivity contribution < 1.29 is 27.1 Å². The van der Waals surface area contributed by atoms with Crippen molar-refractivity contribution >= 4 is 50.9 Å². The molecule has 0 radical (unpaired) electrons. The van der Waals surface area contributed by atoms with Crippen LogP contribution >= 0.6 is 23.2 Å². The van der Waals surface area contributed by atoms with Gasteiger partial charge in [-0.05, 0) is 68.4 Å². The number of amides is 1. The van der Waals surface area contributed by atoms with Gasteiger partial charge in [0.25, 0.3) is 0 Å². The molecule has 3 aromatic heterocycles. The number of alkyl halides is 3. The van der Waals surface area contributed by atoms with Crippen LogP contribution in [0.2, 0.25) is 10.0 Å². The zero-order valence-corrected chi connectivity index (χ0v) is 30.6. The predicted octanol–water partition coefficient (Wildman–Crippen LogP) is 8.54. The molecule has 3 aliphatic heterocycles. The third kappa shape index (κ3) is 5.84. The number of aryl methyl sites for hydroxylation is 2. The van der Waals surface area contributed by atoms with Crippen LogP contribution in [-0.4, -0.2) is 55.4 Å². The molecule has 2 saturated carbocycles. The Kier molecular flexibility index (Phi) is 8.69.